The van der Waals surface area contributed by atoms with E-state index in [4.69, 9.17) is 5.73 Å². The van der Waals surface area contributed by atoms with Crippen molar-refractivity contribution in [1.82, 2.24) is 9.78 Å². The van der Waals surface area contributed by atoms with Crippen molar-refractivity contribution in [2.75, 3.05) is 6.54 Å². The number of nitrogens with zero attached hydrogens (tertiary/aromatic N) is 2. The van der Waals surface area contributed by atoms with E-state index in [0.29, 0.717) is 6.54 Å². The van der Waals surface area contributed by atoms with E-state index in [-0.39, 0.29) is 5.54 Å². The first-order valence-corrected chi connectivity index (χ1v) is 5.11. The van der Waals surface area contributed by atoms with Crippen LogP contribution in [0.2, 0.25) is 0 Å². The highest BCUT2D eigenvalue weighted by Gasteiger charge is 2.23. The zero-order valence-electron chi connectivity index (χ0n) is 8.56. The molecule has 1 heterocycles. The summed E-state index contributed by atoms with van der Waals surface area (Å²) in [6.07, 6.45) is 0. The Balaban J connectivity index is 3.23. The summed E-state index contributed by atoms with van der Waals surface area (Å²) in [6, 6.07) is 0. The Hall–Kier alpha value is -0.350. The van der Waals surface area contributed by atoms with Crippen LogP contribution in [0.1, 0.15) is 25.2 Å². The molecule has 4 heteroatoms. The molecule has 0 amide bonds. The Bertz CT molecular complexity index is 315. The van der Waals surface area contributed by atoms with Gasteiger partial charge in [0.05, 0.1) is 21.4 Å². The first kappa shape index (κ1) is 10.7. The minimum absolute atomic E-state index is 0.110. The quantitative estimate of drug-likeness (QED) is 0.866. The number of hydrogen-bond donors (Lipinski definition) is 1. The summed E-state index contributed by atoms with van der Waals surface area (Å²) < 4.78 is 3.06. The molecule has 74 valence electrons. The van der Waals surface area contributed by atoms with E-state index in [2.05, 4.69) is 34.9 Å². The van der Waals surface area contributed by atoms with Gasteiger partial charge >= 0.3 is 0 Å². The number of hydrogen-bond acceptors (Lipinski definition) is 2. The first-order chi connectivity index (χ1) is 5.90. The molecule has 0 aliphatic heterocycles. The van der Waals surface area contributed by atoms with E-state index in [9.17, 15) is 0 Å². The molecule has 0 spiro atoms. The highest BCUT2D eigenvalue weighted by molar-refractivity contribution is 9.10. The number of nitrogens with two attached hydrogens (primary N) is 1. The summed E-state index contributed by atoms with van der Waals surface area (Å²) in [5.74, 6) is 0. The van der Waals surface area contributed by atoms with Crippen molar-refractivity contribution < 1.29 is 0 Å². The van der Waals surface area contributed by atoms with Crippen molar-refractivity contribution in [2.24, 2.45) is 5.73 Å². The second kappa shape index (κ2) is 3.42. The van der Waals surface area contributed by atoms with Crippen molar-refractivity contribution in [3.63, 3.8) is 0 Å². The molecule has 1 aromatic heterocycles. The van der Waals surface area contributed by atoms with Gasteiger partial charge in [-0.05, 0) is 43.6 Å². The van der Waals surface area contributed by atoms with E-state index < -0.39 is 0 Å². The molecule has 0 aromatic carbocycles. The lowest BCUT2D eigenvalue weighted by molar-refractivity contribution is 0.322. The molecule has 1 rings (SSSR count). The van der Waals surface area contributed by atoms with Crippen LogP contribution in [-0.2, 0) is 5.54 Å². The topological polar surface area (TPSA) is 43.8 Å². The predicted molar refractivity (Wildman–Crippen MR) is 57.8 cm³/mol. The molecule has 0 unspecified atom stereocenters. The molecule has 0 aliphatic carbocycles. The molecule has 3 nitrogen and oxygen atoms in total. The molecular formula is C9H16BrN3. The standard InChI is InChI=1S/C9H16BrN3/c1-6-8(10)7(2)13(12-6)9(3,4)5-11/h5,11H2,1-4H3. The Kier molecular flexibility index (Phi) is 2.82. The molecule has 0 saturated heterocycles. The second-order valence-corrected chi connectivity index (χ2v) is 4.71. The van der Waals surface area contributed by atoms with Gasteiger partial charge in [0.1, 0.15) is 0 Å². The minimum atomic E-state index is -0.110. The molecule has 13 heavy (non-hydrogen) atoms. The van der Waals surface area contributed by atoms with Crippen LogP contribution in [0, 0.1) is 13.8 Å². The predicted octanol–water partition coefficient (Wildman–Crippen LogP) is 1.96. The average Bonchev–Trinajstić information content (AvgIpc) is 2.33. The van der Waals surface area contributed by atoms with Gasteiger partial charge in [0.15, 0.2) is 0 Å². The maximum absolute atomic E-state index is 5.69. The maximum atomic E-state index is 5.69. The van der Waals surface area contributed by atoms with Crippen LogP contribution in [0.4, 0.5) is 0 Å². The van der Waals surface area contributed by atoms with Gasteiger partial charge in [-0.25, -0.2) is 0 Å². The van der Waals surface area contributed by atoms with Crippen molar-refractivity contribution in [1.29, 1.82) is 0 Å². The van der Waals surface area contributed by atoms with Gasteiger partial charge in [0.25, 0.3) is 0 Å². The van der Waals surface area contributed by atoms with Gasteiger partial charge in [0, 0.05) is 6.54 Å². The van der Waals surface area contributed by atoms with Crippen molar-refractivity contribution >= 4 is 15.9 Å². The third-order valence-corrected chi connectivity index (χ3v) is 3.42. The fourth-order valence-electron chi connectivity index (χ4n) is 1.30. The van der Waals surface area contributed by atoms with Gasteiger partial charge in [-0.15, -0.1) is 0 Å². The first-order valence-electron chi connectivity index (χ1n) is 4.32. The van der Waals surface area contributed by atoms with Gasteiger partial charge in [0.2, 0.25) is 0 Å². The zero-order valence-corrected chi connectivity index (χ0v) is 10.1. The molecule has 0 saturated carbocycles. The van der Waals surface area contributed by atoms with E-state index in [1.165, 1.54) is 0 Å². The van der Waals surface area contributed by atoms with Crippen LogP contribution >= 0.6 is 15.9 Å². The highest BCUT2D eigenvalue weighted by atomic mass is 79.9. The van der Waals surface area contributed by atoms with Crippen LogP contribution in [0.15, 0.2) is 4.47 Å². The van der Waals surface area contributed by atoms with Gasteiger partial charge in [-0.2, -0.15) is 5.10 Å². The van der Waals surface area contributed by atoms with E-state index in [1.54, 1.807) is 0 Å². The van der Waals surface area contributed by atoms with Gasteiger partial charge in [-0.1, -0.05) is 0 Å². The third-order valence-electron chi connectivity index (χ3n) is 2.28. The lowest BCUT2D eigenvalue weighted by Gasteiger charge is -2.24. The van der Waals surface area contributed by atoms with Crippen molar-refractivity contribution in [2.45, 2.75) is 33.2 Å². The fourth-order valence-corrected chi connectivity index (χ4v) is 1.55. The Morgan fingerprint density at radius 2 is 2.00 bits per heavy atom. The fraction of sp³-hybridized carbons (Fsp3) is 0.667. The highest BCUT2D eigenvalue weighted by Crippen LogP contribution is 2.24. The van der Waals surface area contributed by atoms with E-state index >= 15 is 0 Å². The minimum Gasteiger partial charge on any atom is -0.328 e. The van der Waals surface area contributed by atoms with Crippen molar-refractivity contribution in [3.05, 3.63) is 15.9 Å². The lowest BCUT2D eigenvalue weighted by Crippen LogP contribution is -2.36. The van der Waals surface area contributed by atoms with Crippen LogP contribution in [0.3, 0.4) is 0 Å². The van der Waals surface area contributed by atoms with E-state index in [1.807, 2.05) is 18.5 Å². The molecule has 2 N–H and O–H groups in total. The molecular weight excluding hydrogens is 230 g/mol. The number of aryl methyl sites for hydroxylation is 1. The van der Waals surface area contributed by atoms with Gasteiger partial charge < -0.3 is 5.73 Å². The largest absolute Gasteiger partial charge is 0.328 e. The molecule has 0 radical (unpaired) electrons. The summed E-state index contributed by atoms with van der Waals surface area (Å²) >= 11 is 3.50. The third kappa shape index (κ3) is 1.79. The van der Waals surface area contributed by atoms with Crippen LogP contribution < -0.4 is 5.73 Å². The van der Waals surface area contributed by atoms with Crippen LogP contribution in [-0.4, -0.2) is 16.3 Å². The summed E-state index contributed by atoms with van der Waals surface area (Å²) in [5, 5.41) is 4.44. The average molecular weight is 246 g/mol. The van der Waals surface area contributed by atoms with Crippen LogP contribution in [0.5, 0.6) is 0 Å². The summed E-state index contributed by atoms with van der Waals surface area (Å²) in [7, 11) is 0. The summed E-state index contributed by atoms with van der Waals surface area (Å²) in [4.78, 5) is 0. The molecule has 0 atom stereocenters. The zero-order chi connectivity index (χ0) is 10.2. The smallest absolute Gasteiger partial charge is 0.0738 e. The molecule has 0 bridgehead atoms. The second-order valence-electron chi connectivity index (χ2n) is 3.91. The van der Waals surface area contributed by atoms with E-state index in [0.717, 1.165) is 15.9 Å². The van der Waals surface area contributed by atoms with Crippen molar-refractivity contribution in [3.8, 4) is 0 Å². The molecule has 1 aromatic rings. The number of rotatable bonds is 2. The Labute approximate surface area is 87.4 Å². The molecule has 0 fully saturated rings. The number of halogens is 1. The Morgan fingerprint density at radius 3 is 2.31 bits per heavy atom. The lowest BCUT2D eigenvalue weighted by atomic mass is 10.1. The van der Waals surface area contributed by atoms with Crippen LogP contribution in [0.25, 0.3) is 0 Å². The summed E-state index contributed by atoms with van der Waals surface area (Å²) in [5.41, 5.74) is 7.73. The summed E-state index contributed by atoms with van der Waals surface area (Å²) in [6.45, 7) is 8.78. The Morgan fingerprint density at radius 1 is 1.46 bits per heavy atom. The number of aromatic nitrogens is 2. The SMILES string of the molecule is Cc1nn(C(C)(C)CN)c(C)c1Br. The monoisotopic (exact) mass is 245 g/mol. The molecule has 0 aliphatic rings. The maximum Gasteiger partial charge on any atom is 0.0738 e. The van der Waals surface area contributed by atoms with Gasteiger partial charge in [-0.3, -0.25) is 4.68 Å². The normalized spacial score (nSPS) is 12.2.